The molecule has 0 saturated carbocycles. The van der Waals surface area contributed by atoms with Crippen LogP contribution in [0.15, 0.2) is 18.2 Å². The van der Waals surface area contributed by atoms with Crippen molar-refractivity contribution in [2.24, 2.45) is 11.1 Å². The quantitative estimate of drug-likeness (QED) is 0.766. The number of rotatable bonds is 7. The third kappa shape index (κ3) is 5.49. The van der Waals surface area contributed by atoms with Crippen LogP contribution in [0, 0.1) is 5.41 Å². The number of carbonyl (C=O) groups excluding carboxylic acids is 1. The zero-order chi connectivity index (χ0) is 17.7. The second-order valence-electron chi connectivity index (χ2n) is 6.87. The number of carbonyl (C=O) groups is 1. The topological polar surface area (TPSA) is 76.8 Å². The minimum absolute atomic E-state index is 0. The highest BCUT2D eigenvalue weighted by Crippen LogP contribution is 2.30. The molecule has 2 unspecified atom stereocenters. The molecule has 1 fully saturated rings. The van der Waals surface area contributed by atoms with Crippen LogP contribution >= 0.6 is 12.4 Å². The lowest BCUT2D eigenvalue weighted by Crippen LogP contribution is -2.39. The number of hydrogen-bond acceptors (Lipinski definition) is 5. The molecule has 25 heavy (non-hydrogen) atoms. The number of likely N-dealkylation sites (tertiary alicyclic amines) is 1. The molecule has 142 valence electrons. The van der Waals surface area contributed by atoms with Gasteiger partial charge < -0.3 is 20.5 Å². The molecular formula is C18H30ClN3O3. The van der Waals surface area contributed by atoms with Crippen LogP contribution in [0.25, 0.3) is 0 Å². The van der Waals surface area contributed by atoms with Crippen molar-refractivity contribution in [1.82, 2.24) is 10.2 Å². The number of halogens is 1. The van der Waals surface area contributed by atoms with E-state index < -0.39 is 0 Å². The Balaban J connectivity index is 0.00000312. The van der Waals surface area contributed by atoms with Gasteiger partial charge in [0.25, 0.3) is 0 Å². The van der Waals surface area contributed by atoms with Gasteiger partial charge in [0.1, 0.15) is 11.5 Å². The van der Waals surface area contributed by atoms with Crippen LogP contribution in [0.5, 0.6) is 11.5 Å². The molecule has 0 spiro atoms. The second kappa shape index (κ2) is 9.27. The zero-order valence-electron chi connectivity index (χ0n) is 15.5. The first-order valence-corrected chi connectivity index (χ1v) is 8.34. The van der Waals surface area contributed by atoms with Crippen molar-refractivity contribution >= 4 is 18.3 Å². The molecule has 1 aliphatic rings. The summed E-state index contributed by atoms with van der Waals surface area (Å²) in [6, 6.07) is 5.43. The predicted molar refractivity (Wildman–Crippen MR) is 102 cm³/mol. The first-order chi connectivity index (χ1) is 11.4. The van der Waals surface area contributed by atoms with Gasteiger partial charge in [-0.3, -0.25) is 9.69 Å². The minimum Gasteiger partial charge on any atom is -0.497 e. The number of nitrogens with zero attached hydrogens (tertiary/aromatic N) is 1. The summed E-state index contributed by atoms with van der Waals surface area (Å²) in [6.45, 7) is 6.96. The standard InChI is InChI=1S/C18H29N3O3.ClH/c1-13(15-9-14(23-3)5-6-16(15)24-4)20-17(22)10-21-8-7-18(2,11-19)12-21;/h5-6,9,13H,7-8,10-12,19H2,1-4H3,(H,20,22);1H. The number of amides is 1. The maximum atomic E-state index is 12.4. The second-order valence-corrected chi connectivity index (χ2v) is 6.87. The molecule has 0 aliphatic carbocycles. The summed E-state index contributed by atoms with van der Waals surface area (Å²) < 4.78 is 10.7. The Morgan fingerprint density at radius 1 is 1.40 bits per heavy atom. The van der Waals surface area contributed by atoms with Gasteiger partial charge in [-0.1, -0.05) is 6.92 Å². The van der Waals surface area contributed by atoms with Crippen molar-refractivity contribution in [3.63, 3.8) is 0 Å². The molecule has 1 amide bonds. The van der Waals surface area contributed by atoms with E-state index in [0.717, 1.165) is 36.6 Å². The number of hydrogen-bond donors (Lipinski definition) is 2. The molecule has 6 nitrogen and oxygen atoms in total. The van der Waals surface area contributed by atoms with Crippen LogP contribution < -0.4 is 20.5 Å². The molecule has 3 N–H and O–H groups in total. The van der Waals surface area contributed by atoms with Crippen LogP contribution in [0.1, 0.15) is 31.9 Å². The summed E-state index contributed by atoms with van der Waals surface area (Å²) in [5, 5.41) is 3.05. The average Bonchev–Trinajstić information content (AvgIpc) is 2.95. The van der Waals surface area contributed by atoms with Crippen molar-refractivity contribution in [2.75, 3.05) is 40.4 Å². The summed E-state index contributed by atoms with van der Waals surface area (Å²) in [5.41, 5.74) is 6.85. The lowest BCUT2D eigenvalue weighted by Gasteiger charge is -2.23. The molecule has 2 rings (SSSR count). The maximum Gasteiger partial charge on any atom is 0.234 e. The largest absolute Gasteiger partial charge is 0.497 e. The number of methoxy groups -OCH3 is 2. The van der Waals surface area contributed by atoms with E-state index in [0.29, 0.717) is 13.1 Å². The van der Waals surface area contributed by atoms with Crippen LogP contribution in [-0.4, -0.2) is 51.2 Å². The van der Waals surface area contributed by atoms with Gasteiger partial charge in [-0.05, 0) is 50.0 Å². The van der Waals surface area contributed by atoms with Crippen molar-refractivity contribution < 1.29 is 14.3 Å². The molecule has 0 radical (unpaired) electrons. The fraction of sp³-hybridized carbons (Fsp3) is 0.611. The summed E-state index contributed by atoms with van der Waals surface area (Å²) >= 11 is 0. The first kappa shape index (κ1) is 21.5. The highest BCUT2D eigenvalue weighted by atomic mass is 35.5. The number of benzene rings is 1. The van der Waals surface area contributed by atoms with Crippen molar-refractivity contribution in [2.45, 2.75) is 26.3 Å². The van der Waals surface area contributed by atoms with Crippen LogP contribution in [0.2, 0.25) is 0 Å². The van der Waals surface area contributed by atoms with E-state index >= 15 is 0 Å². The lowest BCUT2D eigenvalue weighted by molar-refractivity contribution is -0.122. The van der Waals surface area contributed by atoms with E-state index in [2.05, 4.69) is 17.1 Å². The molecule has 1 aromatic rings. The van der Waals surface area contributed by atoms with E-state index in [1.54, 1.807) is 14.2 Å². The van der Waals surface area contributed by atoms with Crippen molar-refractivity contribution in [3.05, 3.63) is 23.8 Å². The summed E-state index contributed by atoms with van der Waals surface area (Å²) in [6.07, 6.45) is 1.04. The molecule has 7 heteroatoms. The van der Waals surface area contributed by atoms with Crippen LogP contribution in [0.3, 0.4) is 0 Å². The fourth-order valence-electron chi connectivity index (χ4n) is 3.17. The Labute approximate surface area is 156 Å². The Hall–Kier alpha value is -1.50. The summed E-state index contributed by atoms with van der Waals surface area (Å²) in [5.74, 6) is 1.49. The van der Waals surface area contributed by atoms with Gasteiger partial charge in [-0.15, -0.1) is 12.4 Å². The van der Waals surface area contributed by atoms with Crippen LogP contribution in [-0.2, 0) is 4.79 Å². The molecule has 0 aromatic heterocycles. The molecule has 2 atom stereocenters. The molecular weight excluding hydrogens is 342 g/mol. The first-order valence-electron chi connectivity index (χ1n) is 8.34. The number of nitrogens with one attached hydrogen (secondary N) is 1. The van der Waals surface area contributed by atoms with Crippen molar-refractivity contribution in [3.8, 4) is 11.5 Å². The summed E-state index contributed by atoms with van der Waals surface area (Å²) in [4.78, 5) is 14.5. The zero-order valence-corrected chi connectivity index (χ0v) is 16.3. The van der Waals surface area contributed by atoms with Gasteiger partial charge in [0.15, 0.2) is 0 Å². The van der Waals surface area contributed by atoms with Crippen LogP contribution in [0.4, 0.5) is 0 Å². The average molecular weight is 372 g/mol. The Kier molecular flexibility index (Phi) is 7.99. The SMILES string of the molecule is COc1ccc(OC)c(C(C)NC(=O)CN2CCC(C)(CN)C2)c1.Cl. The highest BCUT2D eigenvalue weighted by molar-refractivity contribution is 5.85. The number of nitrogens with two attached hydrogens (primary N) is 1. The molecule has 1 saturated heterocycles. The van der Waals surface area contributed by atoms with E-state index in [1.165, 1.54) is 0 Å². The number of ether oxygens (including phenoxy) is 2. The lowest BCUT2D eigenvalue weighted by atomic mass is 9.90. The molecule has 0 bridgehead atoms. The third-order valence-electron chi connectivity index (χ3n) is 4.78. The van der Waals surface area contributed by atoms with Gasteiger partial charge in [-0.25, -0.2) is 0 Å². The van der Waals surface area contributed by atoms with Gasteiger partial charge in [0, 0.05) is 12.1 Å². The molecule has 1 aliphatic heterocycles. The van der Waals surface area contributed by atoms with Gasteiger partial charge in [0.2, 0.25) is 5.91 Å². The minimum atomic E-state index is -0.161. The monoisotopic (exact) mass is 371 g/mol. The maximum absolute atomic E-state index is 12.4. The van der Waals surface area contributed by atoms with E-state index in [4.69, 9.17) is 15.2 Å². The smallest absolute Gasteiger partial charge is 0.234 e. The molecule has 1 heterocycles. The van der Waals surface area contributed by atoms with E-state index in [1.807, 2.05) is 25.1 Å². The normalized spacial score (nSPS) is 21.3. The third-order valence-corrected chi connectivity index (χ3v) is 4.78. The van der Waals surface area contributed by atoms with E-state index in [-0.39, 0.29) is 29.8 Å². The summed E-state index contributed by atoms with van der Waals surface area (Å²) in [7, 11) is 3.24. The highest BCUT2D eigenvalue weighted by Gasteiger charge is 2.33. The van der Waals surface area contributed by atoms with Gasteiger partial charge in [-0.2, -0.15) is 0 Å². The van der Waals surface area contributed by atoms with Gasteiger partial charge in [0.05, 0.1) is 26.8 Å². The Bertz CT molecular complexity index is 585. The van der Waals surface area contributed by atoms with Gasteiger partial charge >= 0.3 is 0 Å². The molecule has 1 aromatic carbocycles. The predicted octanol–water partition coefficient (Wildman–Crippen LogP) is 1.97. The van der Waals surface area contributed by atoms with E-state index in [9.17, 15) is 4.79 Å². The van der Waals surface area contributed by atoms with Crippen molar-refractivity contribution in [1.29, 1.82) is 0 Å². The Morgan fingerprint density at radius 3 is 2.68 bits per heavy atom. The Morgan fingerprint density at radius 2 is 2.12 bits per heavy atom. The fourth-order valence-corrected chi connectivity index (χ4v) is 3.17.